The van der Waals surface area contributed by atoms with Gasteiger partial charge in [-0.05, 0) is 38.2 Å². The van der Waals surface area contributed by atoms with Crippen molar-refractivity contribution >= 4 is 22.5 Å². The molecule has 2 amide bonds. The van der Waals surface area contributed by atoms with Crippen LogP contribution < -0.4 is 10.6 Å². The van der Waals surface area contributed by atoms with E-state index in [4.69, 9.17) is 0 Å². The third kappa shape index (κ3) is 4.07. The van der Waals surface area contributed by atoms with Gasteiger partial charge in [0.15, 0.2) is 5.13 Å². The smallest absolute Gasteiger partial charge is 0.321 e. The van der Waals surface area contributed by atoms with Crippen molar-refractivity contribution in [2.24, 2.45) is 5.92 Å². The molecule has 0 bridgehead atoms. The number of aryl methyl sites for hydroxylation is 1. The van der Waals surface area contributed by atoms with Crippen LogP contribution in [0, 0.1) is 12.8 Å². The Bertz CT molecular complexity index is 646. The van der Waals surface area contributed by atoms with Crippen molar-refractivity contribution in [3.8, 4) is 0 Å². The lowest BCUT2D eigenvalue weighted by molar-refractivity contribution is 0.248. The molecule has 1 aliphatic rings. The molecule has 1 aliphatic carbocycles. The van der Waals surface area contributed by atoms with E-state index < -0.39 is 0 Å². The minimum atomic E-state index is -0.157. The van der Waals surface area contributed by atoms with Gasteiger partial charge in [-0.3, -0.25) is 5.32 Å². The summed E-state index contributed by atoms with van der Waals surface area (Å²) in [4.78, 5) is 17.3. The first-order valence-electron chi connectivity index (χ1n) is 7.68. The van der Waals surface area contributed by atoms with Crippen molar-refractivity contribution < 1.29 is 4.79 Å². The Hall–Kier alpha value is -1.88. The summed E-state index contributed by atoms with van der Waals surface area (Å²) in [5, 5.41) is 6.46. The van der Waals surface area contributed by atoms with Gasteiger partial charge >= 0.3 is 6.03 Å². The maximum absolute atomic E-state index is 11.9. The molecule has 1 heterocycles. The lowest BCUT2D eigenvalue weighted by atomic mass is 10.1. The Morgan fingerprint density at radius 1 is 1.36 bits per heavy atom. The summed E-state index contributed by atoms with van der Waals surface area (Å²) < 4.78 is 0. The Morgan fingerprint density at radius 3 is 2.77 bits per heavy atom. The van der Waals surface area contributed by atoms with Gasteiger partial charge in [0.05, 0.1) is 0 Å². The second-order valence-corrected chi connectivity index (χ2v) is 7.13. The normalized spacial score (nSPS) is 15.4. The van der Waals surface area contributed by atoms with Crippen LogP contribution in [-0.4, -0.2) is 17.1 Å². The first kappa shape index (κ1) is 15.0. The van der Waals surface area contributed by atoms with Crippen molar-refractivity contribution in [1.82, 2.24) is 10.3 Å². The molecule has 2 N–H and O–H groups in total. The molecule has 1 saturated carbocycles. The highest BCUT2D eigenvalue weighted by Crippen LogP contribution is 2.32. The SMILES string of the molecule is Cc1ccc(Cc2cnc(NC(=O)N[C@@H](C)C3CC3)s2)cc1. The molecule has 22 heavy (non-hydrogen) atoms. The summed E-state index contributed by atoms with van der Waals surface area (Å²) in [6, 6.07) is 8.57. The number of hydrogen-bond acceptors (Lipinski definition) is 3. The molecule has 5 heteroatoms. The van der Waals surface area contributed by atoms with Gasteiger partial charge in [-0.15, -0.1) is 11.3 Å². The number of amides is 2. The van der Waals surface area contributed by atoms with Gasteiger partial charge in [-0.2, -0.15) is 0 Å². The molecule has 0 aliphatic heterocycles. The maximum Gasteiger partial charge on any atom is 0.321 e. The number of nitrogens with one attached hydrogen (secondary N) is 2. The third-order valence-corrected chi connectivity index (χ3v) is 4.87. The predicted octanol–water partition coefficient (Wildman–Crippen LogP) is 3.96. The molecule has 116 valence electrons. The summed E-state index contributed by atoms with van der Waals surface area (Å²) >= 11 is 1.53. The lowest BCUT2D eigenvalue weighted by Gasteiger charge is -2.12. The van der Waals surface area contributed by atoms with Gasteiger partial charge < -0.3 is 5.32 Å². The number of hydrogen-bond donors (Lipinski definition) is 2. The molecule has 0 spiro atoms. The number of benzene rings is 1. The number of carbonyl (C=O) groups is 1. The van der Waals surface area contributed by atoms with E-state index in [0.717, 1.165) is 11.3 Å². The molecule has 3 rings (SSSR count). The molecular weight excluding hydrogens is 294 g/mol. The topological polar surface area (TPSA) is 54.0 Å². The van der Waals surface area contributed by atoms with Crippen molar-refractivity contribution in [2.45, 2.75) is 39.2 Å². The Morgan fingerprint density at radius 2 is 2.09 bits per heavy atom. The largest absolute Gasteiger partial charge is 0.335 e. The first-order chi connectivity index (χ1) is 10.6. The summed E-state index contributed by atoms with van der Waals surface area (Å²) in [5.74, 6) is 0.652. The zero-order valence-corrected chi connectivity index (χ0v) is 13.7. The van der Waals surface area contributed by atoms with Crippen LogP contribution in [0.4, 0.5) is 9.93 Å². The Kier molecular flexibility index (Phi) is 4.43. The van der Waals surface area contributed by atoms with Gasteiger partial charge in [0.1, 0.15) is 0 Å². The molecule has 0 saturated heterocycles. The van der Waals surface area contributed by atoms with E-state index >= 15 is 0 Å². The monoisotopic (exact) mass is 315 g/mol. The van der Waals surface area contributed by atoms with E-state index in [0.29, 0.717) is 11.0 Å². The van der Waals surface area contributed by atoms with Crippen LogP contribution in [0.5, 0.6) is 0 Å². The van der Waals surface area contributed by atoms with Gasteiger partial charge in [0, 0.05) is 23.5 Å². The zero-order valence-electron chi connectivity index (χ0n) is 12.9. The fourth-order valence-corrected chi connectivity index (χ4v) is 3.25. The van der Waals surface area contributed by atoms with Crippen molar-refractivity contribution in [1.29, 1.82) is 0 Å². The number of rotatable bonds is 5. The Labute approximate surface area is 135 Å². The summed E-state index contributed by atoms with van der Waals surface area (Å²) in [5.41, 5.74) is 2.52. The molecular formula is C17H21N3OS. The van der Waals surface area contributed by atoms with Gasteiger partial charge in [-0.25, -0.2) is 9.78 Å². The van der Waals surface area contributed by atoms with Crippen molar-refractivity contribution in [3.05, 3.63) is 46.5 Å². The second-order valence-electron chi connectivity index (χ2n) is 6.02. The van der Waals surface area contributed by atoms with Crippen LogP contribution in [0.3, 0.4) is 0 Å². The maximum atomic E-state index is 11.9. The molecule has 2 aromatic rings. The number of carbonyl (C=O) groups excluding carboxylic acids is 1. The molecule has 1 fully saturated rings. The second kappa shape index (κ2) is 6.48. The van der Waals surface area contributed by atoms with E-state index in [2.05, 4.69) is 53.7 Å². The molecule has 1 atom stereocenters. The molecule has 0 unspecified atom stereocenters. The van der Waals surface area contributed by atoms with Crippen LogP contribution in [0.15, 0.2) is 30.5 Å². The van der Waals surface area contributed by atoms with E-state index in [1.54, 1.807) is 0 Å². The van der Waals surface area contributed by atoms with Crippen LogP contribution in [-0.2, 0) is 6.42 Å². The van der Waals surface area contributed by atoms with Gasteiger partial charge in [0.2, 0.25) is 0 Å². The van der Waals surface area contributed by atoms with Gasteiger partial charge in [0.25, 0.3) is 0 Å². The highest BCUT2D eigenvalue weighted by Gasteiger charge is 2.28. The lowest BCUT2D eigenvalue weighted by Crippen LogP contribution is -2.37. The van der Waals surface area contributed by atoms with Crippen molar-refractivity contribution in [3.63, 3.8) is 0 Å². The minimum Gasteiger partial charge on any atom is -0.335 e. The quantitative estimate of drug-likeness (QED) is 0.877. The zero-order chi connectivity index (χ0) is 15.5. The first-order valence-corrected chi connectivity index (χ1v) is 8.49. The molecule has 4 nitrogen and oxygen atoms in total. The fourth-order valence-electron chi connectivity index (χ4n) is 2.41. The number of aromatic nitrogens is 1. The fraction of sp³-hybridized carbons (Fsp3) is 0.412. The highest BCUT2D eigenvalue weighted by atomic mass is 32.1. The van der Waals surface area contributed by atoms with E-state index in [1.807, 2.05) is 6.20 Å². The standard InChI is InChI=1S/C17H21N3OS/c1-11-3-5-13(6-4-11)9-15-10-18-17(22-15)20-16(21)19-12(2)14-7-8-14/h3-6,10,12,14H,7-9H2,1-2H3,(H2,18,19,20,21)/t12-/m0/s1. The Balaban J connectivity index is 1.54. The van der Waals surface area contributed by atoms with E-state index in [9.17, 15) is 4.79 Å². The van der Waals surface area contributed by atoms with Crippen molar-refractivity contribution in [2.75, 3.05) is 5.32 Å². The molecule has 1 aromatic heterocycles. The average molecular weight is 315 g/mol. The predicted molar refractivity (Wildman–Crippen MR) is 90.4 cm³/mol. The highest BCUT2D eigenvalue weighted by molar-refractivity contribution is 7.15. The number of anilines is 1. The summed E-state index contributed by atoms with van der Waals surface area (Å²) in [6.45, 7) is 4.14. The molecule has 1 aromatic carbocycles. The van der Waals surface area contributed by atoms with Crippen LogP contribution in [0.2, 0.25) is 0 Å². The van der Waals surface area contributed by atoms with E-state index in [-0.39, 0.29) is 12.1 Å². The van der Waals surface area contributed by atoms with Gasteiger partial charge in [-0.1, -0.05) is 29.8 Å². The number of nitrogens with zero attached hydrogens (tertiary/aromatic N) is 1. The molecule has 0 radical (unpaired) electrons. The summed E-state index contributed by atoms with van der Waals surface area (Å²) in [6.07, 6.45) is 5.13. The number of urea groups is 1. The third-order valence-electron chi connectivity index (χ3n) is 3.96. The van der Waals surface area contributed by atoms with Crippen LogP contribution in [0.25, 0.3) is 0 Å². The minimum absolute atomic E-state index is 0.157. The van der Waals surface area contributed by atoms with Crippen LogP contribution >= 0.6 is 11.3 Å². The number of thiazole rings is 1. The van der Waals surface area contributed by atoms with Crippen LogP contribution in [0.1, 0.15) is 35.8 Å². The summed E-state index contributed by atoms with van der Waals surface area (Å²) in [7, 11) is 0. The van der Waals surface area contributed by atoms with E-state index in [1.165, 1.54) is 35.3 Å². The average Bonchev–Trinajstić information content (AvgIpc) is 3.24.